The van der Waals surface area contributed by atoms with Crippen molar-refractivity contribution >= 4 is 5.91 Å². The molecule has 0 bridgehead atoms. The zero-order valence-electron chi connectivity index (χ0n) is 10.2. The van der Waals surface area contributed by atoms with Gasteiger partial charge < -0.3 is 4.90 Å². The smallest absolute Gasteiger partial charge is 0.254 e. The minimum atomic E-state index is -0.603. The van der Waals surface area contributed by atoms with Crippen LogP contribution in [0, 0.1) is 11.9 Å². The van der Waals surface area contributed by atoms with Crippen molar-refractivity contribution in [2.45, 2.75) is 32.7 Å². The van der Waals surface area contributed by atoms with Gasteiger partial charge in [0.15, 0.2) is 0 Å². The number of halogens is 1. The molecule has 0 radical (unpaired) electrons. The number of carbonyl (C=O) groups is 1. The van der Waals surface area contributed by atoms with Gasteiger partial charge in [-0.05, 0) is 31.7 Å². The molecule has 0 aromatic carbocycles. The Morgan fingerprint density at radius 1 is 1.53 bits per heavy atom. The third kappa shape index (κ3) is 2.62. The normalized spacial score (nSPS) is 24.8. The lowest BCUT2D eigenvalue weighted by Gasteiger charge is -2.36. The Labute approximate surface area is 101 Å². The Bertz CT molecular complexity index is 422. The summed E-state index contributed by atoms with van der Waals surface area (Å²) in [7, 11) is 0. The SMILES string of the molecule is CC1CCN(C(=O)c2ccnc(F)c2)C(C)C1. The molecule has 2 heterocycles. The predicted octanol–water partition coefficient (Wildman–Crippen LogP) is 2.48. The molecule has 92 valence electrons. The van der Waals surface area contributed by atoms with E-state index in [9.17, 15) is 9.18 Å². The number of rotatable bonds is 1. The fourth-order valence-electron chi connectivity index (χ4n) is 2.41. The van der Waals surface area contributed by atoms with Crippen molar-refractivity contribution in [3.8, 4) is 0 Å². The standard InChI is InChI=1S/C13H17FN2O/c1-9-4-6-16(10(2)7-9)13(17)11-3-5-15-12(14)8-11/h3,5,8-10H,4,6-7H2,1-2H3. The number of amides is 1. The van der Waals surface area contributed by atoms with Gasteiger partial charge in [-0.25, -0.2) is 4.98 Å². The van der Waals surface area contributed by atoms with Crippen LogP contribution in [-0.4, -0.2) is 28.4 Å². The molecule has 2 rings (SSSR count). The highest BCUT2D eigenvalue weighted by molar-refractivity contribution is 5.94. The maximum absolute atomic E-state index is 13.0. The third-order valence-corrected chi connectivity index (χ3v) is 3.37. The molecule has 0 spiro atoms. The average Bonchev–Trinajstić information content (AvgIpc) is 2.28. The first kappa shape index (κ1) is 12.0. The molecule has 1 saturated heterocycles. The van der Waals surface area contributed by atoms with Gasteiger partial charge in [0.1, 0.15) is 0 Å². The van der Waals surface area contributed by atoms with Gasteiger partial charge in [-0.1, -0.05) is 6.92 Å². The fraction of sp³-hybridized carbons (Fsp3) is 0.538. The lowest BCUT2D eigenvalue weighted by molar-refractivity contribution is 0.0588. The average molecular weight is 236 g/mol. The van der Waals surface area contributed by atoms with Gasteiger partial charge in [0.2, 0.25) is 5.95 Å². The Hall–Kier alpha value is -1.45. The van der Waals surface area contributed by atoms with E-state index in [-0.39, 0.29) is 11.9 Å². The Balaban J connectivity index is 2.15. The van der Waals surface area contributed by atoms with Crippen molar-refractivity contribution in [2.75, 3.05) is 6.54 Å². The summed E-state index contributed by atoms with van der Waals surface area (Å²) in [5.41, 5.74) is 0.388. The summed E-state index contributed by atoms with van der Waals surface area (Å²) in [6.07, 6.45) is 3.36. The van der Waals surface area contributed by atoms with Gasteiger partial charge in [-0.15, -0.1) is 0 Å². The van der Waals surface area contributed by atoms with E-state index < -0.39 is 5.95 Å². The molecule has 17 heavy (non-hydrogen) atoms. The second-order valence-electron chi connectivity index (χ2n) is 4.84. The molecule has 0 N–H and O–H groups in total. The van der Waals surface area contributed by atoms with E-state index >= 15 is 0 Å². The van der Waals surface area contributed by atoms with Crippen molar-refractivity contribution < 1.29 is 9.18 Å². The summed E-state index contributed by atoms with van der Waals surface area (Å²) in [5, 5.41) is 0. The molecule has 2 unspecified atom stereocenters. The topological polar surface area (TPSA) is 33.2 Å². The van der Waals surface area contributed by atoms with Crippen LogP contribution in [0.25, 0.3) is 0 Å². The van der Waals surface area contributed by atoms with Crippen molar-refractivity contribution in [1.82, 2.24) is 9.88 Å². The molecule has 1 fully saturated rings. The number of likely N-dealkylation sites (tertiary alicyclic amines) is 1. The summed E-state index contributed by atoms with van der Waals surface area (Å²) in [6, 6.07) is 2.99. The highest BCUT2D eigenvalue weighted by atomic mass is 19.1. The van der Waals surface area contributed by atoms with Gasteiger partial charge in [0.25, 0.3) is 5.91 Å². The Kier molecular flexibility index (Phi) is 3.41. The summed E-state index contributed by atoms with van der Waals surface area (Å²) in [6.45, 7) is 5.00. The largest absolute Gasteiger partial charge is 0.336 e. The second kappa shape index (κ2) is 4.82. The lowest BCUT2D eigenvalue weighted by atomic mass is 9.93. The summed E-state index contributed by atoms with van der Waals surface area (Å²) in [4.78, 5) is 17.5. The maximum atomic E-state index is 13.0. The molecule has 3 nitrogen and oxygen atoms in total. The van der Waals surface area contributed by atoms with Crippen molar-refractivity contribution in [3.63, 3.8) is 0 Å². The number of hydrogen-bond donors (Lipinski definition) is 0. The van der Waals surface area contributed by atoms with E-state index in [0.29, 0.717) is 11.5 Å². The maximum Gasteiger partial charge on any atom is 0.254 e. The summed E-state index contributed by atoms with van der Waals surface area (Å²) < 4.78 is 13.0. The molecule has 0 saturated carbocycles. The van der Waals surface area contributed by atoms with Crippen LogP contribution in [0.4, 0.5) is 4.39 Å². The molecular formula is C13H17FN2O. The third-order valence-electron chi connectivity index (χ3n) is 3.37. The van der Waals surface area contributed by atoms with Crippen LogP contribution in [0.5, 0.6) is 0 Å². The van der Waals surface area contributed by atoms with E-state index in [2.05, 4.69) is 11.9 Å². The summed E-state index contributed by atoms with van der Waals surface area (Å²) in [5.74, 6) is -0.0391. The van der Waals surface area contributed by atoms with Crippen LogP contribution in [0.2, 0.25) is 0 Å². The van der Waals surface area contributed by atoms with Crippen LogP contribution in [0.1, 0.15) is 37.0 Å². The van der Waals surface area contributed by atoms with Crippen molar-refractivity contribution in [3.05, 3.63) is 29.8 Å². The monoisotopic (exact) mass is 236 g/mol. The molecule has 1 aliphatic heterocycles. The van der Waals surface area contributed by atoms with Gasteiger partial charge in [-0.3, -0.25) is 4.79 Å². The van der Waals surface area contributed by atoms with E-state index in [1.807, 2.05) is 11.8 Å². The van der Waals surface area contributed by atoms with Crippen LogP contribution < -0.4 is 0 Å². The zero-order chi connectivity index (χ0) is 12.4. The number of carbonyl (C=O) groups excluding carboxylic acids is 1. The number of nitrogens with zero attached hydrogens (tertiary/aromatic N) is 2. The van der Waals surface area contributed by atoms with E-state index in [1.165, 1.54) is 12.3 Å². The Morgan fingerprint density at radius 3 is 2.94 bits per heavy atom. The number of piperidine rings is 1. The van der Waals surface area contributed by atoms with E-state index in [4.69, 9.17) is 0 Å². The highest BCUT2D eigenvalue weighted by Crippen LogP contribution is 2.23. The second-order valence-corrected chi connectivity index (χ2v) is 4.84. The number of pyridine rings is 1. The molecule has 1 aromatic rings. The molecule has 1 amide bonds. The van der Waals surface area contributed by atoms with Crippen molar-refractivity contribution in [2.24, 2.45) is 5.92 Å². The summed E-state index contributed by atoms with van der Waals surface area (Å²) >= 11 is 0. The molecule has 2 atom stereocenters. The van der Waals surface area contributed by atoms with Crippen molar-refractivity contribution in [1.29, 1.82) is 0 Å². The minimum Gasteiger partial charge on any atom is -0.336 e. The molecular weight excluding hydrogens is 219 g/mol. The van der Waals surface area contributed by atoms with E-state index in [0.717, 1.165) is 19.4 Å². The number of hydrogen-bond acceptors (Lipinski definition) is 2. The van der Waals surface area contributed by atoms with E-state index in [1.54, 1.807) is 6.07 Å². The minimum absolute atomic E-state index is 0.0919. The zero-order valence-corrected chi connectivity index (χ0v) is 10.2. The molecule has 1 aliphatic rings. The van der Waals surface area contributed by atoms with Crippen LogP contribution in [-0.2, 0) is 0 Å². The molecule has 4 heteroatoms. The first-order valence-electron chi connectivity index (χ1n) is 6.00. The van der Waals surface area contributed by atoms with Gasteiger partial charge in [0.05, 0.1) is 0 Å². The number of aromatic nitrogens is 1. The van der Waals surface area contributed by atoms with Crippen LogP contribution >= 0.6 is 0 Å². The Morgan fingerprint density at radius 2 is 2.29 bits per heavy atom. The lowest BCUT2D eigenvalue weighted by Crippen LogP contribution is -2.44. The molecule has 1 aromatic heterocycles. The van der Waals surface area contributed by atoms with Gasteiger partial charge in [-0.2, -0.15) is 4.39 Å². The van der Waals surface area contributed by atoms with Crippen LogP contribution in [0.3, 0.4) is 0 Å². The van der Waals surface area contributed by atoms with Gasteiger partial charge in [0, 0.05) is 30.4 Å². The predicted molar refractivity (Wildman–Crippen MR) is 63.1 cm³/mol. The quantitative estimate of drug-likeness (QED) is 0.702. The molecule has 0 aliphatic carbocycles. The first-order valence-corrected chi connectivity index (χ1v) is 6.00. The van der Waals surface area contributed by atoms with Crippen LogP contribution in [0.15, 0.2) is 18.3 Å². The van der Waals surface area contributed by atoms with Gasteiger partial charge >= 0.3 is 0 Å². The first-order chi connectivity index (χ1) is 8.08. The fourth-order valence-corrected chi connectivity index (χ4v) is 2.41. The highest BCUT2D eigenvalue weighted by Gasteiger charge is 2.27.